The highest BCUT2D eigenvalue weighted by Gasteiger charge is 2.30. The van der Waals surface area contributed by atoms with E-state index >= 15 is 0 Å². The van der Waals surface area contributed by atoms with Crippen molar-refractivity contribution in [3.8, 4) is 0 Å². The Morgan fingerprint density at radius 2 is 2.18 bits per heavy atom. The average molecular weight is 246 g/mol. The molecule has 3 rings (SSSR count). The molecule has 0 N–H and O–H groups in total. The van der Waals surface area contributed by atoms with Crippen LogP contribution in [0.25, 0.3) is 10.2 Å². The van der Waals surface area contributed by atoms with Gasteiger partial charge < -0.3 is 0 Å². The summed E-state index contributed by atoms with van der Waals surface area (Å²) >= 11 is 1.86. The normalized spacial score (nSPS) is 21.7. The Hall–Kier alpha value is -0.930. The summed E-state index contributed by atoms with van der Waals surface area (Å²) in [4.78, 5) is 7.39. The van der Waals surface area contributed by atoms with Crippen LogP contribution < -0.4 is 0 Å². The Morgan fingerprint density at radius 1 is 1.35 bits per heavy atom. The molecule has 90 valence electrons. The number of hydrogen-bond acceptors (Lipinski definition) is 3. The van der Waals surface area contributed by atoms with Gasteiger partial charge in [-0.15, -0.1) is 11.3 Å². The summed E-state index contributed by atoms with van der Waals surface area (Å²) in [6, 6.07) is 9.62. The van der Waals surface area contributed by atoms with Gasteiger partial charge in [0.25, 0.3) is 0 Å². The molecular weight excluding hydrogens is 228 g/mol. The minimum absolute atomic E-state index is 0.549. The third-order valence-electron chi connectivity index (χ3n) is 3.55. The van der Waals surface area contributed by atoms with E-state index in [-0.39, 0.29) is 0 Å². The SMILES string of the molecule is CC(C)N1CCC[C@@H]1c1nc2ccccc2s1. The zero-order valence-corrected chi connectivity index (χ0v) is 11.2. The van der Waals surface area contributed by atoms with Crippen LogP contribution in [-0.2, 0) is 0 Å². The maximum Gasteiger partial charge on any atom is 0.111 e. The van der Waals surface area contributed by atoms with E-state index in [1.807, 2.05) is 11.3 Å². The predicted molar refractivity (Wildman–Crippen MR) is 73.4 cm³/mol. The van der Waals surface area contributed by atoms with E-state index in [4.69, 9.17) is 4.98 Å². The van der Waals surface area contributed by atoms with Crippen LogP contribution in [0.1, 0.15) is 37.7 Å². The molecule has 0 bridgehead atoms. The molecule has 1 aliphatic heterocycles. The van der Waals surface area contributed by atoms with Gasteiger partial charge in [0.15, 0.2) is 0 Å². The van der Waals surface area contributed by atoms with Crippen LogP contribution in [0.3, 0.4) is 0 Å². The van der Waals surface area contributed by atoms with Gasteiger partial charge in [0.05, 0.1) is 16.3 Å². The van der Waals surface area contributed by atoms with Crippen LogP contribution >= 0.6 is 11.3 Å². The first-order valence-electron chi connectivity index (χ1n) is 6.37. The summed E-state index contributed by atoms with van der Waals surface area (Å²) in [5, 5.41) is 1.30. The highest BCUT2D eigenvalue weighted by molar-refractivity contribution is 7.18. The maximum absolute atomic E-state index is 4.80. The summed E-state index contributed by atoms with van der Waals surface area (Å²) in [6.07, 6.45) is 2.57. The number of hydrogen-bond donors (Lipinski definition) is 0. The van der Waals surface area contributed by atoms with Crippen LogP contribution in [0.5, 0.6) is 0 Å². The first-order valence-corrected chi connectivity index (χ1v) is 7.18. The number of para-hydroxylation sites is 1. The molecule has 0 unspecified atom stereocenters. The molecule has 0 radical (unpaired) electrons. The van der Waals surface area contributed by atoms with E-state index in [2.05, 4.69) is 43.0 Å². The quantitative estimate of drug-likeness (QED) is 0.800. The number of nitrogens with zero attached hydrogens (tertiary/aromatic N) is 2. The van der Waals surface area contributed by atoms with Gasteiger partial charge in [-0.3, -0.25) is 4.90 Å². The third kappa shape index (κ3) is 1.98. The van der Waals surface area contributed by atoms with Gasteiger partial charge in [-0.05, 0) is 45.4 Å². The van der Waals surface area contributed by atoms with Crippen molar-refractivity contribution in [3.05, 3.63) is 29.3 Å². The van der Waals surface area contributed by atoms with Crippen LogP contribution in [0, 0.1) is 0 Å². The Kier molecular flexibility index (Phi) is 2.89. The fourth-order valence-corrected chi connectivity index (χ4v) is 3.83. The van der Waals surface area contributed by atoms with Crippen molar-refractivity contribution >= 4 is 21.6 Å². The van der Waals surface area contributed by atoms with Crippen molar-refractivity contribution in [2.45, 2.75) is 38.8 Å². The molecule has 2 nitrogen and oxygen atoms in total. The zero-order chi connectivity index (χ0) is 11.8. The lowest BCUT2D eigenvalue weighted by molar-refractivity contribution is 0.205. The molecule has 0 saturated carbocycles. The highest BCUT2D eigenvalue weighted by Crippen LogP contribution is 2.37. The van der Waals surface area contributed by atoms with Gasteiger partial charge in [-0.25, -0.2) is 4.98 Å². The lowest BCUT2D eigenvalue weighted by Crippen LogP contribution is -2.30. The second kappa shape index (κ2) is 4.39. The van der Waals surface area contributed by atoms with Crippen LogP contribution in [0.2, 0.25) is 0 Å². The maximum atomic E-state index is 4.80. The van der Waals surface area contributed by atoms with Gasteiger partial charge in [0.1, 0.15) is 5.01 Å². The van der Waals surface area contributed by atoms with Crippen LogP contribution in [0.15, 0.2) is 24.3 Å². The molecule has 0 aliphatic carbocycles. The van der Waals surface area contributed by atoms with E-state index in [1.165, 1.54) is 29.1 Å². The molecule has 0 spiro atoms. The molecular formula is C14H18N2S. The van der Waals surface area contributed by atoms with E-state index < -0.39 is 0 Å². The smallest absolute Gasteiger partial charge is 0.111 e. The zero-order valence-electron chi connectivity index (χ0n) is 10.4. The van der Waals surface area contributed by atoms with E-state index in [9.17, 15) is 0 Å². The van der Waals surface area contributed by atoms with Gasteiger partial charge in [0.2, 0.25) is 0 Å². The van der Waals surface area contributed by atoms with E-state index in [0.717, 1.165) is 5.52 Å². The Morgan fingerprint density at radius 3 is 2.94 bits per heavy atom. The van der Waals surface area contributed by atoms with Crippen molar-refractivity contribution < 1.29 is 0 Å². The molecule has 2 aromatic rings. The van der Waals surface area contributed by atoms with Gasteiger partial charge in [-0.1, -0.05) is 12.1 Å². The highest BCUT2D eigenvalue weighted by atomic mass is 32.1. The second-order valence-electron chi connectivity index (χ2n) is 5.01. The molecule has 17 heavy (non-hydrogen) atoms. The monoisotopic (exact) mass is 246 g/mol. The Labute approximate surface area is 106 Å². The molecule has 3 heteroatoms. The second-order valence-corrected chi connectivity index (χ2v) is 6.07. The molecule has 1 aromatic carbocycles. The molecule has 1 saturated heterocycles. The average Bonchev–Trinajstić information content (AvgIpc) is 2.95. The van der Waals surface area contributed by atoms with Crippen LogP contribution in [0.4, 0.5) is 0 Å². The Balaban J connectivity index is 1.97. The number of aromatic nitrogens is 1. The fraction of sp³-hybridized carbons (Fsp3) is 0.500. The van der Waals surface area contributed by atoms with Gasteiger partial charge in [0, 0.05) is 6.04 Å². The number of benzene rings is 1. The minimum atomic E-state index is 0.549. The number of fused-ring (bicyclic) bond motifs is 1. The molecule has 1 atom stereocenters. The molecule has 1 aliphatic rings. The summed E-state index contributed by atoms with van der Waals surface area (Å²) in [7, 11) is 0. The molecule has 2 heterocycles. The number of rotatable bonds is 2. The van der Waals surface area contributed by atoms with Crippen molar-refractivity contribution in [3.63, 3.8) is 0 Å². The van der Waals surface area contributed by atoms with Crippen molar-refractivity contribution in [2.75, 3.05) is 6.54 Å². The standard InChI is InChI=1S/C14H18N2S/c1-10(2)16-9-5-7-12(16)14-15-11-6-3-4-8-13(11)17-14/h3-4,6,8,10,12H,5,7,9H2,1-2H3/t12-/m1/s1. The summed E-state index contributed by atoms with van der Waals surface area (Å²) in [6.45, 7) is 5.79. The fourth-order valence-electron chi connectivity index (χ4n) is 2.70. The summed E-state index contributed by atoms with van der Waals surface area (Å²) < 4.78 is 1.32. The van der Waals surface area contributed by atoms with Crippen molar-refractivity contribution in [1.29, 1.82) is 0 Å². The van der Waals surface area contributed by atoms with Crippen molar-refractivity contribution in [1.82, 2.24) is 9.88 Å². The van der Waals surface area contributed by atoms with E-state index in [1.54, 1.807) is 0 Å². The molecule has 1 aromatic heterocycles. The first-order chi connectivity index (χ1) is 8.25. The Bertz CT molecular complexity index is 485. The molecule has 0 amide bonds. The number of thiazole rings is 1. The first kappa shape index (κ1) is 11.2. The lowest BCUT2D eigenvalue weighted by Gasteiger charge is -2.26. The molecule has 1 fully saturated rings. The summed E-state index contributed by atoms with van der Waals surface area (Å²) in [5.74, 6) is 0. The van der Waals surface area contributed by atoms with Gasteiger partial charge in [-0.2, -0.15) is 0 Å². The predicted octanol–water partition coefficient (Wildman–Crippen LogP) is 3.84. The number of likely N-dealkylation sites (tertiary alicyclic amines) is 1. The lowest BCUT2D eigenvalue weighted by atomic mass is 10.2. The van der Waals surface area contributed by atoms with Crippen molar-refractivity contribution in [2.24, 2.45) is 0 Å². The van der Waals surface area contributed by atoms with E-state index in [0.29, 0.717) is 12.1 Å². The van der Waals surface area contributed by atoms with Gasteiger partial charge >= 0.3 is 0 Å². The third-order valence-corrected chi connectivity index (χ3v) is 4.69. The van der Waals surface area contributed by atoms with Crippen LogP contribution in [-0.4, -0.2) is 22.5 Å². The largest absolute Gasteiger partial charge is 0.292 e. The summed E-state index contributed by atoms with van der Waals surface area (Å²) in [5.41, 5.74) is 1.16. The minimum Gasteiger partial charge on any atom is -0.292 e. The topological polar surface area (TPSA) is 16.1 Å².